The molecule has 104 valence electrons. The second-order valence-corrected chi connectivity index (χ2v) is 5.91. The Hall–Kier alpha value is -1.35. The smallest absolute Gasteiger partial charge is 0.223 e. The third-order valence-electron chi connectivity index (χ3n) is 3.53. The fourth-order valence-electron chi connectivity index (χ4n) is 2.39. The number of hydrogen-bond acceptors (Lipinski definition) is 2. The maximum Gasteiger partial charge on any atom is 0.223 e. The van der Waals surface area contributed by atoms with E-state index in [0.717, 1.165) is 13.0 Å². The van der Waals surface area contributed by atoms with Gasteiger partial charge in [0.05, 0.1) is 12.2 Å². The Kier molecular flexibility index (Phi) is 4.25. The lowest BCUT2D eigenvalue weighted by Gasteiger charge is -2.38. The molecule has 0 N–H and O–H groups in total. The van der Waals surface area contributed by atoms with Crippen molar-refractivity contribution in [3.63, 3.8) is 0 Å². The van der Waals surface area contributed by atoms with Gasteiger partial charge in [0.15, 0.2) is 0 Å². The van der Waals surface area contributed by atoms with Crippen LogP contribution in [-0.4, -0.2) is 36.1 Å². The molecule has 2 rings (SSSR count). The number of amides is 1. The molecule has 1 aromatic rings. The lowest BCUT2D eigenvalue weighted by Crippen LogP contribution is -2.50. The van der Waals surface area contributed by atoms with E-state index >= 15 is 0 Å². The highest BCUT2D eigenvalue weighted by Crippen LogP contribution is 2.17. The molecular weight excluding hydrogens is 238 g/mol. The fraction of sp³-hybridized carbons (Fsp3) is 0.562. The van der Waals surface area contributed by atoms with Gasteiger partial charge < -0.3 is 9.64 Å². The summed E-state index contributed by atoms with van der Waals surface area (Å²) in [6.07, 6.45) is 1.40. The fourth-order valence-corrected chi connectivity index (χ4v) is 2.39. The highest BCUT2D eigenvalue weighted by atomic mass is 16.5. The van der Waals surface area contributed by atoms with Crippen molar-refractivity contribution < 1.29 is 9.53 Å². The van der Waals surface area contributed by atoms with E-state index in [1.54, 1.807) is 0 Å². The van der Waals surface area contributed by atoms with Gasteiger partial charge in [0.1, 0.15) is 0 Å². The number of ether oxygens (including phenoxy) is 1. The van der Waals surface area contributed by atoms with Gasteiger partial charge in [-0.2, -0.15) is 0 Å². The molecular formula is C16H23NO2. The van der Waals surface area contributed by atoms with Gasteiger partial charge in [-0.1, -0.05) is 29.8 Å². The Balaban J connectivity index is 1.85. The average Bonchev–Trinajstić information content (AvgIpc) is 2.36. The topological polar surface area (TPSA) is 29.5 Å². The Morgan fingerprint density at radius 3 is 2.63 bits per heavy atom. The molecule has 3 heteroatoms. The van der Waals surface area contributed by atoms with Crippen LogP contribution in [-0.2, 0) is 16.0 Å². The van der Waals surface area contributed by atoms with Crippen LogP contribution in [0.5, 0.6) is 0 Å². The van der Waals surface area contributed by atoms with Crippen LogP contribution in [0, 0.1) is 6.92 Å². The van der Waals surface area contributed by atoms with Gasteiger partial charge in [-0.05, 0) is 32.8 Å². The zero-order valence-electron chi connectivity index (χ0n) is 12.1. The SMILES string of the molecule is Cc1ccc(CCC(=O)N2CCOC(C)(C)C2)cc1. The summed E-state index contributed by atoms with van der Waals surface area (Å²) >= 11 is 0. The van der Waals surface area contributed by atoms with E-state index in [4.69, 9.17) is 4.74 Å². The number of morpholine rings is 1. The molecule has 19 heavy (non-hydrogen) atoms. The predicted octanol–water partition coefficient (Wildman–Crippen LogP) is 2.57. The van der Waals surface area contributed by atoms with Crippen molar-refractivity contribution in [2.24, 2.45) is 0 Å². The van der Waals surface area contributed by atoms with E-state index in [2.05, 4.69) is 31.2 Å². The molecule has 0 saturated carbocycles. The molecule has 1 amide bonds. The third kappa shape index (κ3) is 4.06. The molecule has 3 nitrogen and oxygen atoms in total. The molecule has 1 aliphatic heterocycles. The van der Waals surface area contributed by atoms with Crippen molar-refractivity contribution in [2.75, 3.05) is 19.7 Å². The number of nitrogens with zero attached hydrogens (tertiary/aromatic N) is 1. The van der Waals surface area contributed by atoms with Gasteiger partial charge in [-0.3, -0.25) is 4.79 Å². The van der Waals surface area contributed by atoms with Gasteiger partial charge in [0.25, 0.3) is 0 Å². The Morgan fingerprint density at radius 2 is 2.00 bits per heavy atom. The van der Waals surface area contributed by atoms with Crippen molar-refractivity contribution in [1.82, 2.24) is 4.90 Å². The second-order valence-electron chi connectivity index (χ2n) is 5.91. The number of benzene rings is 1. The maximum atomic E-state index is 12.2. The molecule has 0 aliphatic carbocycles. The lowest BCUT2D eigenvalue weighted by molar-refractivity contribution is -0.145. The van der Waals surface area contributed by atoms with Crippen molar-refractivity contribution in [1.29, 1.82) is 0 Å². The predicted molar refractivity (Wildman–Crippen MR) is 76.1 cm³/mol. The summed E-state index contributed by atoms with van der Waals surface area (Å²) in [6.45, 7) is 8.20. The van der Waals surface area contributed by atoms with Gasteiger partial charge in [-0.15, -0.1) is 0 Å². The van der Waals surface area contributed by atoms with Crippen molar-refractivity contribution >= 4 is 5.91 Å². The molecule has 0 bridgehead atoms. The first kappa shape index (κ1) is 14.1. The van der Waals surface area contributed by atoms with E-state index in [1.807, 2.05) is 18.7 Å². The number of carbonyl (C=O) groups is 1. The molecule has 0 radical (unpaired) electrons. The first-order valence-corrected chi connectivity index (χ1v) is 6.94. The quantitative estimate of drug-likeness (QED) is 0.837. The van der Waals surface area contributed by atoms with Crippen molar-refractivity contribution in [3.05, 3.63) is 35.4 Å². The molecule has 1 heterocycles. The summed E-state index contributed by atoms with van der Waals surface area (Å²) in [6, 6.07) is 8.40. The molecule has 1 fully saturated rings. The molecule has 1 saturated heterocycles. The minimum Gasteiger partial charge on any atom is -0.372 e. The van der Waals surface area contributed by atoms with E-state index < -0.39 is 0 Å². The summed E-state index contributed by atoms with van der Waals surface area (Å²) in [7, 11) is 0. The molecule has 1 aromatic carbocycles. The Morgan fingerprint density at radius 1 is 1.32 bits per heavy atom. The number of hydrogen-bond donors (Lipinski definition) is 0. The molecule has 0 unspecified atom stereocenters. The van der Waals surface area contributed by atoms with E-state index in [-0.39, 0.29) is 11.5 Å². The molecule has 1 aliphatic rings. The van der Waals surface area contributed by atoms with Crippen LogP contribution in [0.15, 0.2) is 24.3 Å². The van der Waals surface area contributed by atoms with Gasteiger partial charge in [0, 0.05) is 19.5 Å². The third-order valence-corrected chi connectivity index (χ3v) is 3.53. The zero-order valence-corrected chi connectivity index (χ0v) is 12.1. The number of carbonyl (C=O) groups excluding carboxylic acids is 1. The van der Waals surface area contributed by atoms with E-state index in [0.29, 0.717) is 19.6 Å². The molecule has 0 spiro atoms. The maximum absolute atomic E-state index is 12.2. The first-order valence-electron chi connectivity index (χ1n) is 6.94. The van der Waals surface area contributed by atoms with Crippen LogP contribution in [0.3, 0.4) is 0 Å². The highest BCUT2D eigenvalue weighted by molar-refractivity contribution is 5.76. The van der Waals surface area contributed by atoms with Crippen molar-refractivity contribution in [2.45, 2.75) is 39.2 Å². The summed E-state index contributed by atoms with van der Waals surface area (Å²) in [5.41, 5.74) is 2.27. The van der Waals surface area contributed by atoms with E-state index in [1.165, 1.54) is 11.1 Å². The van der Waals surface area contributed by atoms with Crippen LogP contribution in [0.1, 0.15) is 31.4 Å². The van der Waals surface area contributed by atoms with Gasteiger partial charge in [-0.25, -0.2) is 0 Å². The minimum atomic E-state index is -0.211. The number of rotatable bonds is 3. The van der Waals surface area contributed by atoms with Crippen LogP contribution in [0.25, 0.3) is 0 Å². The molecule has 0 aromatic heterocycles. The average molecular weight is 261 g/mol. The van der Waals surface area contributed by atoms with Crippen LogP contribution in [0.2, 0.25) is 0 Å². The molecule has 0 atom stereocenters. The first-order chi connectivity index (χ1) is 8.96. The zero-order chi connectivity index (χ0) is 13.9. The summed E-state index contributed by atoms with van der Waals surface area (Å²) < 4.78 is 5.63. The Bertz CT molecular complexity index is 437. The van der Waals surface area contributed by atoms with Crippen LogP contribution in [0.4, 0.5) is 0 Å². The normalized spacial score (nSPS) is 18.4. The van der Waals surface area contributed by atoms with Crippen molar-refractivity contribution in [3.8, 4) is 0 Å². The van der Waals surface area contributed by atoms with E-state index in [9.17, 15) is 4.79 Å². The largest absolute Gasteiger partial charge is 0.372 e. The lowest BCUT2D eigenvalue weighted by atomic mass is 10.1. The monoisotopic (exact) mass is 261 g/mol. The standard InChI is InChI=1S/C16H23NO2/c1-13-4-6-14(7-5-13)8-9-15(18)17-10-11-19-16(2,3)12-17/h4-7H,8-12H2,1-3H3. The highest BCUT2D eigenvalue weighted by Gasteiger charge is 2.29. The number of aryl methyl sites for hydroxylation is 2. The van der Waals surface area contributed by atoms with Gasteiger partial charge in [0.2, 0.25) is 5.91 Å². The summed E-state index contributed by atoms with van der Waals surface area (Å²) in [5.74, 6) is 0.233. The summed E-state index contributed by atoms with van der Waals surface area (Å²) in [4.78, 5) is 14.1. The van der Waals surface area contributed by atoms with Gasteiger partial charge >= 0.3 is 0 Å². The minimum absolute atomic E-state index is 0.211. The second kappa shape index (κ2) is 5.74. The summed E-state index contributed by atoms with van der Waals surface area (Å²) in [5, 5.41) is 0. The van der Waals surface area contributed by atoms with Crippen LogP contribution >= 0.6 is 0 Å². The van der Waals surface area contributed by atoms with Crippen LogP contribution < -0.4 is 0 Å². The Labute approximate surface area is 115 Å².